The first-order chi connectivity index (χ1) is 9.11. The number of hydrogen-bond donors (Lipinski definition) is 1. The van der Waals surface area contributed by atoms with Crippen LogP contribution in [0, 0.1) is 6.92 Å². The quantitative estimate of drug-likeness (QED) is 0.922. The zero-order valence-corrected chi connectivity index (χ0v) is 12.2. The van der Waals surface area contributed by atoms with Crippen molar-refractivity contribution in [1.82, 2.24) is 4.98 Å². The van der Waals surface area contributed by atoms with Gasteiger partial charge in [0.1, 0.15) is 5.82 Å². The average molecular weight is 280 g/mol. The minimum absolute atomic E-state index is 0.292. The minimum Gasteiger partial charge on any atom is -0.478 e. The molecule has 2 heterocycles. The molecule has 0 bridgehead atoms. The van der Waals surface area contributed by atoms with Gasteiger partial charge in [-0.3, -0.25) is 0 Å². The molecule has 4 nitrogen and oxygen atoms in total. The molecule has 1 atom stereocenters. The fraction of sp³-hybridized carbons (Fsp3) is 0.571. The molecular weight excluding hydrogens is 260 g/mol. The van der Waals surface area contributed by atoms with Crippen molar-refractivity contribution in [2.75, 3.05) is 24.2 Å². The zero-order valence-electron chi connectivity index (χ0n) is 11.4. The van der Waals surface area contributed by atoms with Gasteiger partial charge < -0.3 is 10.0 Å². The molecule has 1 aromatic heterocycles. The zero-order chi connectivity index (χ0) is 13.8. The molecule has 0 aromatic carbocycles. The molecular formula is C14H20N2O2S. The van der Waals surface area contributed by atoms with E-state index in [0.717, 1.165) is 24.2 Å². The first-order valence-electron chi connectivity index (χ1n) is 6.60. The predicted molar refractivity (Wildman–Crippen MR) is 79.3 cm³/mol. The third-order valence-corrected chi connectivity index (χ3v) is 4.77. The van der Waals surface area contributed by atoms with E-state index in [9.17, 15) is 4.79 Å². The Bertz CT molecular complexity index is 465. The van der Waals surface area contributed by atoms with Gasteiger partial charge in [0.2, 0.25) is 0 Å². The summed E-state index contributed by atoms with van der Waals surface area (Å²) in [5.41, 5.74) is 0.885. The predicted octanol–water partition coefficient (Wildman–Crippen LogP) is 2.81. The maximum Gasteiger partial charge on any atom is 0.337 e. The molecule has 0 aliphatic carbocycles. The highest BCUT2D eigenvalue weighted by atomic mass is 32.2. The van der Waals surface area contributed by atoms with Crippen molar-refractivity contribution >= 4 is 23.5 Å². The SMILES string of the molecule is CSC1CCCN(c2ccc(C(=O)O)c(C)n2)CC1. The van der Waals surface area contributed by atoms with Gasteiger partial charge in [0.05, 0.1) is 11.3 Å². The van der Waals surface area contributed by atoms with Gasteiger partial charge in [0.25, 0.3) is 0 Å². The Hall–Kier alpha value is -1.23. The van der Waals surface area contributed by atoms with Gasteiger partial charge in [0.15, 0.2) is 0 Å². The van der Waals surface area contributed by atoms with Crippen LogP contribution in [0.25, 0.3) is 0 Å². The number of aromatic nitrogens is 1. The van der Waals surface area contributed by atoms with Crippen molar-refractivity contribution in [2.24, 2.45) is 0 Å². The van der Waals surface area contributed by atoms with E-state index in [-0.39, 0.29) is 0 Å². The second-order valence-corrected chi connectivity index (χ2v) is 6.02. The fourth-order valence-corrected chi connectivity index (χ4v) is 3.22. The monoisotopic (exact) mass is 280 g/mol. The molecule has 0 spiro atoms. The van der Waals surface area contributed by atoms with Gasteiger partial charge in [-0.15, -0.1) is 0 Å². The molecule has 0 radical (unpaired) electrons. The molecule has 2 rings (SSSR count). The van der Waals surface area contributed by atoms with Crippen LogP contribution in [0.1, 0.15) is 35.3 Å². The number of carboxylic acids is 1. The highest BCUT2D eigenvalue weighted by Crippen LogP contribution is 2.24. The van der Waals surface area contributed by atoms with Crippen molar-refractivity contribution in [3.63, 3.8) is 0 Å². The molecule has 5 heteroatoms. The summed E-state index contributed by atoms with van der Waals surface area (Å²) in [6.45, 7) is 3.77. The van der Waals surface area contributed by atoms with Crippen LogP contribution >= 0.6 is 11.8 Å². The van der Waals surface area contributed by atoms with Gasteiger partial charge >= 0.3 is 5.97 Å². The Labute approximate surface area is 118 Å². The van der Waals surface area contributed by atoms with E-state index < -0.39 is 5.97 Å². The normalized spacial score (nSPS) is 20.1. The van der Waals surface area contributed by atoms with Crippen LogP contribution in [0.4, 0.5) is 5.82 Å². The second kappa shape index (κ2) is 6.28. The van der Waals surface area contributed by atoms with Gasteiger partial charge in [-0.25, -0.2) is 9.78 Å². The van der Waals surface area contributed by atoms with Crippen LogP contribution in [-0.2, 0) is 0 Å². The lowest BCUT2D eigenvalue weighted by Gasteiger charge is -2.22. The van der Waals surface area contributed by atoms with Gasteiger partial charge in [-0.2, -0.15) is 11.8 Å². The van der Waals surface area contributed by atoms with Gasteiger partial charge in [-0.05, 0) is 44.6 Å². The van der Waals surface area contributed by atoms with Crippen molar-refractivity contribution in [1.29, 1.82) is 0 Å². The number of aromatic carboxylic acids is 1. The van der Waals surface area contributed by atoms with E-state index >= 15 is 0 Å². The molecule has 1 N–H and O–H groups in total. The second-order valence-electron chi connectivity index (χ2n) is 4.88. The number of nitrogens with zero attached hydrogens (tertiary/aromatic N) is 2. The summed E-state index contributed by atoms with van der Waals surface area (Å²) in [5.74, 6) is -0.000818. The maximum absolute atomic E-state index is 11.0. The number of pyridine rings is 1. The van der Waals surface area contributed by atoms with E-state index in [0.29, 0.717) is 11.3 Å². The number of rotatable bonds is 3. The molecule has 1 fully saturated rings. The molecule has 0 amide bonds. The summed E-state index contributed by atoms with van der Waals surface area (Å²) in [4.78, 5) is 17.7. The molecule has 1 aliphatic heterocycles. The molecule has 1 saturated heterocycles. The third-order valence-electron chi connectivity index (χ3n) is 3.63. The molecule has 1 aliphatic rings. The number of hydrogen-bond acceptors (Lipinski definition) is 4. The first kappa shape index (κ1) is 14.2. The Kier molecular flexibility index (Phi) is 4.69. The Balaban J connectivity index is 2.13. The molecule has 1 unspecified atom stereocenters. The third kappa shape index (κ3) is 3.41. The lowest BCUT2D eigenvalue weighted by atomic mass is 10.2. The summed E-state index contributed by atoms with van der Waals surface area (Å²) >= 11 is 1.94. The van der Waals surface area contributed by atoms with E-state index in [1.54, 1.807) is 13.0 Å². The average Bonchev–Trinajstić information content (AvgIpc) is 2.63. The van der Waals surface area contributed by atoms with Crippen molar-refractivity contribution in [2.45, 2.75) is 31.4 Å². The molecule has 1 aromatic rings. The van der Waals surface area contributed by atoms with Crippen LogP contribution in [0.2, 0.25) is 0 Å². The van der Waals surface area contributed by atoms with Gasteiger partial charge in [0, 0.05) is 18.3 Å². The summed E-state index contributed by atoms with van der Waals surface area (Å²) in [6, 6.07) is 3.49. The number of aryl methyl sites for hydroxylation is 1. The highest BCUT2D eigenvalue weighted by Gasteiger charge is 2.18. The summed E-state index contributed by atoms with van der Waals surface area (Å²) in [5, 5.41) is 9.76. The smallest absolute Gasteiger partial charge is 0.337 e. The Morgan fingerprint density at radius 2 is 2.21 bits per heavy atom. The van der Waals surface area contributed by atoms with Crippen LogP contribution in [0.5, 0.6) is 0 Å². The summed E-state index contributed by atoms with van der Waals surface area (Å²) < 4.78 is 0. The summed E-state index contributed by atoms with van der Waals surface area (Å²) in [7, 11) is 0. The number of carboxylic acid groups (broad SMARTS) is 1. The van der Waals surface area contributed by atoms with E-state index in [4.69, 9.17) is 5.11 Å². The first-order valence-corrected chi connectivity index (χ1v) is 7.89. The largest absolute Gasteiger partial charge is 0.478 e. The molecule has 104 valence electrons. The highest BCUT2D eigenvalue weighted by molar-refractivity contribution is 7.99. The van der Waals surface area contributed by atoms with Crippen LogP contribution in [-0.4, -0.2) is 40.7 Å². The number of thioether (sulfide) groups is 1. The van der Waals surface area contributed by atoms with Crippen LogP contribution in [0.15, 0.2) is 12.1 Å². The lowest BCUT2D eigenvalue weighted by Crippen LogP contribution is -2.25. The van der Waals surface area contributed by atoms with Crippen molar-refractivity contribution < 1.29 is 9.90 Å². The van der Waals surface area contributed by atoms with Gasteiger partial charge in [-0.1, -0.05) is 0 Å². The fourth-order valence-electron chi connectivity index (χ4n) is 2.48. The van der Waals surface area contributed by atoms with E-state index in [2.05, 4.69) is 16.1 Å². The Morgan fingerprint density at radius 3 is 2.84 bits per heavy atom. The van der Waals surface area contributed by atoms with Crippen molar-refractivity contribution in [3.05, 3.63) is 23.4 Å². The molecule has 19 heavy (non-hydrogen) atoms. The van der Waals surface area contributed by atoms with Crippen LogP contribution in [0.3, 0.4) is 0 Å². The number of anilines is 1. The van der Waals surface area contributed by atoms with Crippen molar-refractivity contribution in [3.8, 4) is 0 Å². The maximum atomic E-state index is 11.0. The van der Waals surface area contributed by atoms with Crippen LogP contribution < -0.4 is 4.90 Å². The lowest BCUT2D eigenvalue weighted by molar-refractivity contribution is 0.0695. The summed E-state index contributed by atoms with van der Waals surface area (Å²) in [6.07, 6.45) is 5.77. The Morgan fingerprint density at radius 1 is 1.42 bits per heavy atom. The van der Waals surface area contributed by atoms with E-state index in [1.165, 1.54) is 19.3 Å². The van der Waals surface area contributed by atoms with E-state index in [1.807, 2.05) is 17.8 Å². The number of carbonyl (C=O) groups is 1. The molecule has 0 saturated carbocycles. The minimum atomic E-state index is -0.908. The topological polar surface area (TPSA) is 53.4 Å². The standard InChI is InChI=1S/C14H20N2O2S/c1-10-12(14(17)18)5-6-13(15-10)16-8-3-4-11(19-2)7-9-16/h5-6,11H,3-4,7-9H2,1-2H3,(H,17,18).